The topological polar surface area (TPSA) is 82.2 Å². The van der Waals surface area contributed by atoms with E-state index in [-0.39, 0.29) is 23.1 Å². The second-order valence-corrected chi connectivity index (χ2v) is 4.48. The van der Waals surface area contributed by atoms with Gasteiger partial charge in [0.2, 0.25) is 0 Å². The predicted octanol–water partition coefficient (Wildman–Crippen LogP) is 1.45. The van der Waals surface area contributed by atoms with Crippen molar-refractivity contribution >= 4 is 5.69 Å². The molecule has 1 aromatic carbocycles. The standard InChI is InChI=1S/C13H16N4O2/c14-6-5-12(16-9-7-15-8-10-16)11-3-1-2-4-13(11)17(18)19/h1-4,12,15H,5,7-10H2/t12-/m0/s1. The van der Waals surface area contributed by atoms with E-state index >= 15 is 0 Å². The van der Waals surface area contributed by atoms with Crippen LogP contribution in [0.25, 0.3) is 0 Å². The van der Waals surface area contributed by atoms with Gasteiger partial charge in [-0.3, -0.25) is 15.0 Å². The summed E-state index contributed by atoms with van der Waals surface area (Å²) in [5.74, 6) is 0. The van der Waals surface area contributed by atoms with Crippen molar-refractivity contribution in [2.75, 3.05) is 26.2 Å². The van der Waals surface area contributed by atoms with Crippen molar-refractivity contribution < 1.29 is 4.92 Å². The molecule has 1 atom stereocenters. The van der Waals surface area contributed by atoms with E-state index in [1.165, 1.54) is 6.07 Å². The van der Waals surface area contributed by atoms with Gasteiger partial charge < -0.3 is 5.32 Å². The maximum Gasteiger partial charge on any atom is 0.274 e. The Bertz CT molecular complexity index is 492. The van der Waals surface area contributed by atoms with Gasteiger partial charge in [-0.1, -0.05) is 18.2 Å². The number of nitrogens with one attached hydrogen (secondary N) is 1. The zero-order valence-corrected chi connectivity index (χ0v) is 10.6. The number of hydrogen-bond acceptors (Lipinski definition) is 5. The lowest BCUT2D eigenvalue weighted by Gasteiger charge is -2.33. The van der Waals surface area contributed by atoms with E-state index in [9.17, 15) is 10.1 Å². The number of rotatable bonds is 4. The first kappa shape index (κ1) is 13.5. The molecule has 6 heteroatoms. The highest BCUT2D eigenvalue weighted by Gasteiger charge is 2.27. The molecule has 0 aliphatic carbocycles. The van der Waals surface area contributed by atoms with Crippen molar-refractivity contribution in [3.05, 3.63) is 39.9 Å². The highest BCUT2D eigenvalue weighted by atomic mass is 16.6. The van der Waals surface area contributed by atoms with E-state index in [1.54, 1.807) is 18.2 Å². The molecule has 0 radical (unpaired) electrons. The Morgan fingerprint density at radius 2 is 2.11 bits per heavy atom. The minimum atomic E-state index is -0.373. The van der Waals surface area contributed by atoms with Crippen molar-refractivity contribution in [3.63, 3.8) is 0 Å². The molecule has 1 heterocycles. The molecule has 6 nitrogen and oxygen atoms in total. The largest absolute Gasteiger partial charge is 0.314 e. The third-order valence-electron chi connectivity index (χ3n) is 3.37. The first-order valence-corrected chi connectivity index (χ1v) is 6.29. The lowest BCUT2D eigenvalue weighted by atomic mass is 10.00. The van der Waals surface area contributed by atoms with Crippen molar-refractivity contribution in [2.45, 2.75) is 12.5 Å². The average molecular weight is 260 g/mol. The van der Waals surface area contributed by atoms with Crippen LogP contribution < -0.4 is 5.32 Å². The number of nitrogens with zero attached hydrogens (tertiary/aromatic N) is 3. The molecule has 1 fully saturated rings. The molecule has 1 aliphatic rings. The van der Waals surface area contributed by atoms with Crippen LogP contribution in [0.1, 0.15) is 18.0 Å². The highest BCUT2D eigenvalue weighted by molar-refractivity contribution is 5.42. The zero-order chi connectivity index (χ0) is 13.7. The first-order chi connectivity index (χ1) is 9.24. The molecule has 1 N–H and O–H groups in total. The minimum absolute atomic E-state index is 0.0984. The smallest absolute Gasteiger partial charge is 0.274 e. The molecule has 0 unspecified atom stereocenters. The van der Waals surface area contributed by atoms with E-state index < -0.39 is 0 Å². The summed E-state index contributed by atoms with van der Waals surface area (Å²) in [6.07, 6.45) is 0.269. The first-order valence-electron chi connectivity index (χ1n) is 6.29. The zero-order valence-electron chi connectivity index (χ0n) is 10.6. The summed E-state index contributed by atoms with van der Waals surface area (Å²) in [5, 5.41) is 23.3. The Labute approximate surface area is 111 Å². The van der Waals surface area contributed by atoms with Gasteiger partial charge >= 0.3 is 0 Å². The van der Waals surface area contributed by atoms with Gasteiger partial charge in [-0.25, -0.2) is 0 Å². The van der Waals surface area contributed by atoms with E-state index in [0.717, 1.165) is 26.2 Å². The van der Waals surface area contributed by atoms with E-state index in [4.69, 9.17) is 5.26 Å². The van der Waals surface area contributed by atoms with Crippen LogP contribution in [0.4, 0.5) is 5.69 Å². The summed E-state index contributed by atoms with van der Waals surface area (Å²) >= 11 is 0. The number of para-hydroxylation sites is 1. The van der Waals surface area contributed by atoms with Crippen molar-refractivity contribution in [1.29, 1.82) is 5.26 Å². The van der Waals surface area contributed by atoms with Crippen LogP contribution >= 0.6 is 0 Å². The quantitative estimate of drug-likeness (QED) is 0.654. The third-order valence-corrected chi connectivity index (χ3v) is 3.37. The van der Waals surface area contributed by atoms with Gasteiger partial charge in [-0.15, -0.1) is 0 Å². The molecule has 100 valence electrons. The summed E-state index contributed by atoms with van der Waals surface area (Å²) in [5.41, 5.74) is 0.734. The van der Waals surface area contributed by atoms with Crippen LogP contribution in [-0.2, 0) is 0 Å². The second kappa shape index (κ2) is 6.27. The predicted molar refractivity (Wildman–Crippen MR) is 70.5 cm³/mol. The summed E-state index contributed by atoms with van der Waals surface area (Å²) in [4.78, 5) is 12.9. The molecule has 1 aliphatic heterocycles. The van der Waals surface area contributed by atoms with Crippen molar-refractivity contribution in [1.82, 2.24) is 10.2 Å². The molecular formula is C13H16N4O2. The summed E-state index contributed by atoms with van der Waals surface area (Å²) in [6, 6.07) is 8.64. The van der Waals surface area contributed by atoms with Crippen LogP contribution in [0.5, 0.6) is 0 Å². The van der Waals surface area contributed by atoms with Gasteiger partial charge in [0, 0.05) is 37.8 Å². The van der Waals surface area contributed by atoms with Crippen LogP contribution in [0, 0.1) is 21.4 Å². The summed E-state index contributed by atoms with van der Waals surface area (Å²) < 4.78 is 0. The Kier molecular flexibility index (Phi) is 4.44. The van der Waals surface area contributed by atoms with Crippen LogP contribution in [0.15, 0.2) is 24.3 Å². The van der Waals surface area contributed by atoms with Gasteiger partial charge in [-0.05, 0) is 0 Å². The molecule has 0 bridgehead atoms. The van der Waals surface area contributed by atoms with Gasteiger partial charge in [0.15, 0.2) is 0 Å². The second-order valence-electron chi connectivity index (χ2n) is 4.48. The van der Waals surface area contributed by atoms with Crippen LogP contribution in [0.2, 0.25) is 0 Å². The Morgan fingerprint density at radius 3 is 2.74 bits per heavy atom. The lowest BCUT2D eigenvalue weighted by Crippen LogP contribution is -2.45. The van der Waals surface area contributed by atoms with Crippen molar-refractivity contribution in [3.8, 4) is 6.07 Å². The molecule has 19 heavy (non-hydrogen) atoms. The number of nitro benzene ring substituents is 1. The van der Waals surface area contributed by atoms with Crippen LogP contribution in [-0.4, -0.2) is 36.0 Å². The third kappa shape index (κ3) is 3.08. The Hall–Kier alpha value is -1.97. The Morgan fingerprint density at radius 1 is 1.42 bits per heavy atom. The fourth-order valence-electron chi connectivity index (χ4n) is 2.45. The maximum atomic E-state index is 11.1. The van der Waals surface area contributed by atoms with E-state index in [2.05, 4.69) is 16.3 Å². The molecule has 1 aromatic rings. The molecule has 0 aromatic heterocycles. The lowest BCUT2D eigenvalue weighted by molar-refractivity contribution is -0.386. The number of hydrogen-bond donors (Lipinski definition) is 1. The van der Waals surface area contributed by atoms with Crippen molar-refractivity contribution in [2.24, 2.45) is 0 Å². The van der Waals surface area contributed by atoms with Gasteiger partial charge in [0.05, 0.1) is 23.5 Å². The molecule has 1 saturated heterocycles. The minimum Gasteiger partial charge on any atom is -0.314 e. The number of benzene rings is 1. The van der Waals surface area contributed by atoms with Gasteiger partial charge in [0.25, 0.3) is 5.69 Å². The van der Waals surface area contributed by atoms with E-state index in [1.807, 2.05) is 0 Å². The fourth-order valence-corrected chi connectivity index (χ4v) is 2.45. The van der Waals surface area contributed by atoms with E-state index in [0.29, 0.717) is 5.56 Å². The molecule has 0 amide bonds. The number of piperazine rings is 1. The van der Waals surface area contributed by atoms with Crippen LogP contribution in [0.3, 0.4) is 0 Å². The Balaban J connectivity index is 2.33. The van der Waals surface area contributed by atoms with Gasteiger partial charge in [0.1, 0.15) is 0 Å². The number of nitriles is 1. The molecule has 2 rings (SSSR count). The highest BCUT2D eigenvalue weighted by Crippen LogP contribution is 2.31. The SMILES string of the molecule is N#CC[C@@H](c1ccccc1[N+](=O)[O-])N1CCNCC1. The summed E-state index contributed by atoms with van der Waals surface area (Å²) in [6.45, 7) is 3.31. The molecule has 0 saturated carbocycles. The number of nitro groups is 1. The molecule has 0 spiro atoms. The van der Waals surface area contributed by atoms with Gasteiger partial charge in [-0.2, -0.15) is 5.26 Å². The normalized spacial score (nSPS) is 17.6. The fraction of sp³-hybridized carbons (Fsp3) is 0.462. The summed E-state index contributed by atoms with van der Waals surface area (Å²) in [7, 11) is 0. The average Bonchev–Trinajstić information content (AvgIpc) is 2.45. The molecular weight excluding hydrogens is 244 g/mol. The monoisotopic (exact) mass is 260 g/mol. The maximum absolute atomic E-state index is 11.1.